The number of rotatable bonds is 2. The third-order valence-corrected chi connectivity index (χ3v) is 4.92. The number of para-hydroxylation sites is 3. The van der Waals surface area contributed by atoms with Gasteiger partial charge in [0.1, 0.15) is 8.07 Å². The Balaban J connectivity index is 2.38. The van der Waals surface area contributed by atoms with Crippen molar-refractivity contribution in [3.63, 3.8) is 0 Å². The highest BCUT2D eigenvalue weighted by molar-refractivity contribution is 6.87. The highest BCUT2D eigenvalue weighted by atomic mass is 28.3. The predicted molar refractivity (Wildman–Crippen MR) is 84.1 cm³/mol. The Morgan fingerprint density at radius 3 is 2.16 bits per heavy atom. The second kappa shape index (κ2) is 4.35. The molecule has 0 amide bonds. The molecule has 19 heavy (non-hydrogen) atoms. The molecule has 0 unspecified atom stereocenters. The van der Waals surface area contributed by atoms with Gasteiger partial charge in [0.2, 0.25) is 0 Å². The summed E-state index contributed by atoms with van der Waals surface area (Å²) in [4.78, 5) is 4.89. The Hall–Kier alpha value is -1.87. The van der Waals surface area contributed by atoms with Crippen LogP contribution >= 0.6 is 0 Å². The van der Waals surface area contributed by atoms with Crippen molar-refractivity contribution in [3.05, 3.63) is 54.6 Å². The molecule has 0 fully saturated rings. The fourth-order valence-electron chi connectivity index (χ4n) is 2.37. The van der Waals surface area contributed by atoms with Crippen molar-refractivity contribution < 1.29 is 0 Å². The van der Waals surface area contributed by atoms with E-state index in [0.717, 1.165) is 5.52 Å². The van der Waals surface area contributed by atoms with E-state index in [0.29, 0.717) is 0 Å². The van der Waals surface area contributed by atoms with Crippen LogP contribution < -0.4 is 5.45 Å². The maximum absolute atomic E-state index is 4.89. The number of fused-ring (bicyclic) bond motifs is 1. The number of nitrogens with zero attached hydrogens (tertiary/aromatic N) is 2. The molecular weight excluding hydrogens is 248 g/mol. The molecule has 96 valence electrons. The van der Waals surface area contributed by atoms with Gasteiger partial charge in [0.15, 0.2) is 0 Å². The summed E-state index contributed by atoms with van der Waals surface area (Å²) in [5.41, 5.74) is 4.73. The van der Waals surface area contributed by atoms with E-state index in [-0.39, 0.29) is 0 Å². The second-order valence-electron chi connectivity index (χ2n) is 5.85. The topological polar surface area (TPSA) is 17.8 Å². The second-order valence-corrected chi connectivity index (χ2v) is 10.8. The van der Waals surface area contributed by atoms with Crippen molar-refractivity contribution in [3.8, 4) is 5.69 Å². The number of hydrogen-bond acceptors (Lipinski definition) is 1. The Morgan fingerprint density at radius 1 is 0.842 bits per heavy atom. The molecule has 0 aliphatic rings. The monoisotopic (exact) mass is 266 g/mol. The van der Waals surface area contributed by atoms with Gasteiger partial charge in [-0.1, -0.05) is 50.0 Å². The number of hydrogen-bond donors (Lipinski definition) is 0. The van der Waals surface area contributed by atoms with Crippen LogP contribution in [0.4, 0.5) is 0 Å². The normalized spacial score (nSPS) is 11.9. The Labute approximate surface area is 114 Å². The van der Waals surface area contributed by atoms with E-state index in [1.54, 1.807) is 0 Å². The summed E-state index contributed by atoms with van der Waals surface area (Å²) < 4.78 is 2.32. The highest BCUT2D eigenvalue weighted by Crippen LogP contribution is 2.19. The molecule has 3 rings (SSSR count). The molecule has 2 aromatic carbocycles. The molecule has 3 aromatic rings. The van der Waals surface area contributed by atoms with Crippen LogP contribution in [0.3, 0.4) is 0 Å². The molecule has 3 heteroatoms. The van der Waals surface area contributed by atoms with E-state index >= 15 is 0 Å². The van der Waals surface area contributed by atoms with Crippen molar-refractivity contribution >= 4 is 24.6 Å². The zero-order valence-corrected chi connectivity index (χ0v) is 12.6. The number of imidazole rings is 1. The molecule has 0 aliphatic heterocycles. The lowest BCUT2D eigenvalue weighted by molar-refractivity contribution is 1.13. The zero-order chi connectivity index (χ0) is 13.5. The average Bonchev–Trinajstić information content (AvgIpc) is 2.79. The van der Waals surface area contributed by atoms with Gasteiger partial charge in [-0.2, -0.15) is 0 Å². The first-order valence-electron chi connectivity index (χ1n) is 6.61. The molecule has 0 N–H and O–H groups in total. The molecule has 0 bridgehead atoms. The SMILES string of the molecule is C[Si](C)(C)c1nc2ccccc2n1-c1ccccc1. The minimum absolute atomic E-state index is 1.09. The lowest BCUT2D eigenvalue weighted by Crippen LogP contribution is -2.44. The predicted octanol–water partition coefficient (Wildman–Crippen LogP) is 3.57. The minimum Gasteiger partial charge on any atom is -0.300 e. The van der Waals surface area contributed by atoms with E-state index in [1.165, 1.54) is 16.7 Å². The van der Waals surface area contributed by atoms with Crippen LogP contribution in [0.2, 0.25) is 19.6 Å². The zero-order valence-electron chi connectivity index (χ0n) is 11.6. The molecule has 2 nitrogen and oxygen atoms in total. The summed E-state index contributed by atoms with van der Waals surface area (Å²) in [6, 6.07) is 18.9. The van der Waals surface area contributed by atoms with E-state index in [9.17, 15) is 0 Å². The van der Waals surface area contributed by atoms with Crippen LogP contribution in [-0.2, 0) is 0 Å². The van der Waals surface area contributed by atoms with E-state index < -0.39 is 8.07 Å². The summed E-state index contributed by atoms with van der Waals surface area (Å²) in [6.07, 6.45) is 0. The first-order chi connectivity index (χ1) is 9.07. The first-order valence-corrected chi connectivity index (χ1v) is 10.1. The van der Waals surface area contributed by atoms with Crippen molar-refractivity contribution in [2.75, 3.05) is 0 Å². The average molecular weight is 266 g/mol. The van der Waals surface area contributed by atoms with Gasteiger partial charge < -0.3 is 4.57 Å². The van der Waals surface area contributed by atoms with Gasteiger partial charge >= 0.3 is 0 Å². The summed E-state index contributed by atoms with van der Waals surface area (Å²) in [6.45, 7) is 7.02. The molecule has 1 heterocycles. The lowest BCUT2D eigenvalue weighted by Gasteiger charge is -2.18. The molecule has 0 radical (unpaired) electrons. The van der Waals surface area contributed by atoms with Gasteiger partial charge in [0, 0.05) is 5.69 Å². The fraction of sp³-hybridized carbons (Fsp3) is 0.188. The third-order valence-electron chi connectivity index (χ3n) is 3.25. The molecule has 1 aromatic heterocycles. The van der Waals surface area contributed by atoms with E-state index in [1.807, 2.05) is 0 Å². The van der Waals surface area contributed by atoms with Gasteiger partial charge in [-0.05, 0) is 24.3 Å². The molecular formula is C16H18N2Si. The maximum Gasteiger partial charge on any atom is 0.123 e. The summed E-state index contributed by atoms with van der Waals surface area (Å²) in [5.74, 6) is 0. The third kappa shape index (κ3) is 2.10. The van der Waals surface area contributed by atoms with Gasteiger partial charge in [0.25, 0.3) is 0 Å². The summed E-state index contributed by atoms with van der Waals surface area (Å²) >= 11 is 0. The first kappa shape index (κ1) is 12.2. The minimum atomic E-state index is -1.49. The van der Waals surface area contributed by atoms with Gasteiger partial charge in [-0.25, -0.2) is 4.98 Å². The quantitative estimate of drug-likeness (QED) is 0.648. The van der Waals surface area contributed by atoms with E-state index in [4.69, 9.17) is 4.98 Å². The summed E-state index contributed by atoms with van der Waals surface area (Å²) in [7, 11) is -1.49. The number of benzene rings is 2. The summed E-state index contributed by atoms with van der Waals surface area (Å²) in [5, 5.41) is 0. The molecule has 0 spiro atoms. The molecule has 0 saturated heterocycles. The molecule has 0 saturated carbocycles. The van der Waals surface area contributed by atoms with Crippen LogP contribution in [0.1, 0.15) is 0 Å². The van der Waals surface area contributed by atoms with Crippen LogP contribution in [-0.4, -0.2) is 17.6 Å². The Kier molecular flexibility index (Phi) is 2.79. The van der Waals surface area contributed by atoms with Crippen molar-refractivity contribution in [1.29, 1.82) is 0 Å². The largest absolute Gasteiger partial charge is 0.300 e. The highest BCUT2D eigenvalue weighted by Gasteiger charge is 2.25. The van der Waals surface area contributed by atoms with Gasteiger partial charge in [-0.3, -0.25) is 0 Å². The lowest BCUT2D eigenvalue weighted by atomic mass is 10.3. The van der Waals surface area contributed by atoms with Gasteiger partial charge in [-0.15, -0.1) is 0 Å². The molecule has 0 atom stereocenters. The van der Waals surface area contributed by atoms with Crippen LogP contribution in [0.25, 0.3) is 16.7 Å². The van der Waals surface area contributed by atoms with Gasteiger partial charge in [0.05, 0.1) is 16.5 Å². The van der Waals surface area contributed by atoms with Crippen LogP contribution in [0, 0.1) is 0 Å². The molecule has 0 aliphatic carbocycles. The van der Waals surface area contributed by atoms with Crippen molar-refractivity contribution in [1.82, 2.24) is 9.55 Å². The van der Waals surface area contributed by atoms with Crippen molar-refractivity contribution in [2.24, 2.45) is 0 Å². The Bertz CT molecular complexity index is 708. The van der Waals surface area contributed by atoms with Crippen molar-refractivity contribution in [2.45, 2.75) is 19.6 Å². The fourth-order valence-corrected chi connectivity index (χ4v) is 3.74. The number of aromatic nitrogens is 2. The standard InChI is InChI=1S/C16H18N2Si/c1-19(2,3)16-17-14-11-7-8-12-15(14)18(16)13-9-5-4-6-10-13/h4-12H,1-3H3. The maximum atomic E-state index is 4.89. The van der Waals surface area contributed by atoms with E-state index in [2.05, 4.69) is 78.8 Å². The smallest absolute Gasteiger partial charge is 0.123 e. The Morgan fingerprint density at radius 2 is 1.47 bits per heavy atom. The van der Waals surface area contributed by atoms with Crippen LogP contribution in [0.15, 0.2) is 54.6 Å². The van der Waals surface area contributed by atoms with Crippen LogP contribution in [0.5, 0.6) is 0 Å².